The van der Waals surface area contributed by atoms with Crippen molar-refractivity contribution in [3.8, 4) is 0 Å². The van der Waals surface area contributed by atoms with Crippen molar-refractivity contribution in [2.75, 3.05) is 6.61 Å². The molecule has 6 unspecified atom stereocenters. The van der Waals surface area contributed by atoms with Gasteiger partial charge in [0.25, 0.3) is 0 Å². The second kappa shape index (κ2) is 16.0. The van der Waals surface area contributed by atoms with Gasteiger partial charge in [0.15, 0.2) is 0 Å². The van der Waals surface area contributed by atoms with Gasteiger partial charge in [-0.05, 0) is 42.6 Å². The fourth-order valence-electron chi connectivity index (χ4n) is 3.85. The van der Waals surface area contributed by atoms with Crippen LogP contribution in [0.5, 0.6) is 0 Å². The third-order valence-electron chi connectivity index (χ3n) is 5.99. The summed E-state index contributed by atoms with van der Waals surface area (Å²) in [6, 6.07) is 0. The molecule has 1 fully saturated rings. The molecule has 0 saturated carbocycles. The number of cyclic esters (lactones) is 1. The number of esters is 1. The van der Waals surface area contributed by atoms with Crippen LogP contribution in [0.1, 0.15) is 80.1 Å². The molecule has 3 rings (SSSR count). The van der Waals surface area contributed by atoms with Gasteiger partial charge in [-0.1, -0.05) is 66.2 Å². The molecule has 3 aliphatic rings. The second-order valence-electron chi connectivity index (χ2n) is 8.22. The van der Waals surface area contributed by atoms with Gasteiger partial charge in [-0.15, -0.1) is 0 Å². The largest absolute Gasteiger partial charge is 0.481 e. The molecule has 0 aromatic heterocycles. The average Bonchev–Trinajstić information content (AvgIpc) is 2.75. The van der Waals surface area contributed by atoms with E-state index in [2.05, 4.69) is 36.8 Å². The van der Waals surface area contributed by atoms with E-state index < -0.39 is 12.1 Å². The predicted molar refractivity (Wildman–Crippen MR) is 124 cm³/mol. The number of rotatable bonds is 3. The first-order chi connectivity index (χ1) is 14.7. The number of carbonyl (C=O) groups is 2. The second-order valence-corrected chi connectivity index (χ2v) is 8.22. The highest BCUT2D eigenvalue weighted by Crippen LogP contribution is 2.41. The van der Waals surface area contributed by atoms with Crippen molar-refractivity contribution >= 4 is 11.9 Å². The number of carbonyl (C=O) groups excluding carboxylic acids is 1. The van der Waals surface area contributed by atoms with Crippen LogP contribution in [-0.2, 0) is 14.3 Å². The standard InChI is InChI=1S/C13H20O.C5H8O3.C5H10O2.C2H6/c1-3-12-9(2)4-5-10-8-11(14)6-7-13(10)12;6-4-1-2-8-5(7)3-4;1-3-4(2)5(6)7;1-2/h4-5,8-9,11-14H,3,6-7H2,1-2H3;4,6H,1-3H2;4H,3H2,1-2H3,(H,6,7);1-2H3. The smallest absolute Gasteiger partial charge is 0.308 e. The number of ether oxygens (including phenoxy) is 1. The van der Waals surface area contributed by atoms with E-state index in [0.717, 1.165) is 18.8 Å². The SMILES string of the molecule is CC.CCC(C)C(=O)O.CCC1C(C)C=CC2=CC(O)CCC21.O=C1CC(O)CCO1. The summed E-state index contributed by atoms with van der Waals surface area (Å²) in [6.07, 6.45) is 10.8. The molecule has 2 aliphatic carbocycles. The van der Waals surface area contributed by atoms with Crippen molar-refractivity contribution in [1.29, 1.82) is 0 Å². The highest BCUT2D eigenvalue weighted by atomic mass is 16.5. The first-order valence-electron chi connectivity index (χ1n) is 11.8. The minimum atomic E-state index is -0.706. The van der Waals surface area contributed by atoms with Crippen LogP contribution in [0.15, 0.2) is 23.8 Å². The van der Waals surface area contributed by atoms with Gasteiger partial charge in [-0.2, -0.15) is 0 Å². The maximum atomic E-state index is 10.3. The minimum absolute atomic E-state index is 0.167. The van der Waals surface area contributed by atoms with Gasteiger partial charge in [-0.3, -0.25) is 9.59 Å². The van der Waals surface area contributed by atoms with Crippen LogP contribution in [0.2, 0.25) is 0 Å². The molecular formula is C25H44O6. The number of aliphatic hydroxyl groups is 2. The molecule has 31 heavy (non-hydrogen) atoms. The highest BCUT2D eigenvalue weighted by molar-refractivity contribution is 5.70. The molecule has 6 nitrogen and oxygen atoms in total. The maximum Gasteiger partial charge on any atom is 0.308 e. The van der Waals surface area contributed by atoms with Gasteiger partial charge in [0, 0.05) is 6.42 Å². The third-order valence-corrected chi connectivity index (χ3v) is 5.99. The number of carboxylic acids is 1. The number of carboxylic acid groups (broad SMARTS) is 1. The van der Waals surface area contributed by atoms with E-state index >= 15 is 0 Å². The molecule has 0 spiro atoms. The molecule has 1 heterocycles. The number of aliphatic hydroxyl groups excluding tert-OH is 2. The summed E-state index contributed by atoms with van der Waals surface area (Å²) in [5.41, 5.74) is 1.38. The van der Waals surface area contributed by atoms with E-state index in [-0.39, 0.29) is 24.4 Å². The fourth-order valence-corrected chi connectivity index (χ4v) is 3.85. The van der Waals surface area contributed by atoms with E-state index in [4.69, 9.17) is 10.2 Å². The molecule has 6 atom stereocenters. The van der Waals surface area contributed by atoms with Crippen molar-refractivity contribution < 1.29 is 29.6 Å². The maximum absolute atomic E-state index is 10.3. The Morgan fingerprint density at radius 3 is 2.26 bits per heavy atom. The zero-order chi connectivity index (χ0) is 24.0. The summed E-state index contributed by atoms with van der Waals surface area (Å²) in [4.78, 5) is 20.2. The van der Waals surface area contributed by atoms with Crippen LogP contribution in [0.3, 0.4) is 0 Å². The molecular weight excluding hydrogens is 396 g/mol. The van der Waals surface area contributed by atoms with Crippen molar-refractivity contribution in [3.05, 3.63) is 23.8 Å². The zero-order valence-corrected chi connectivity index (χ0v) is 20.2. The average molecular weight is 441 g/mol. The molecule has 1 aliphatic heterocycles. The quantitative estimate of drug-likeness (QED) is 0.548. The number of allylic oxidation sites excluding steroid dienone is 3. The lowest BCUT2D eigenvalue weighted by molar-refractivity contribution is -0.151. The lowest BCUT2D eigenvalue weighted by Gasteiger charge is -2.37. The zero-order valence-electron chi connectivity index (χ0n) is 20.2. The van der Waals surface area contributed by atoms with E-state index in [1.54, 1.807) is 6.92 Å². The van der Waals surface area contributed by atoms with Crippen LogP contribution in [-0.4, -0.2) is 46.1 Å². The molecule has 0 amide bonds. The number of fused-ring (bicyclic) bond motifs is 1. The van der Waals surface area contributed by atoms with Crippen LogP contribution in [0.25, 0.3) is 0 Å². The van der Waals surface area contributed by atoms with Gasteiger partial charge in [-0.25, -0.2) is 0 Å². The van der Waals surface area contributed by atoms with Gasteiger partial charge in [0.2, 0.25) is 0 Å². The Labute approximate surface area is 188 Å². The molecule has 0 radical (unpaired) electrons. The first-order valence-corrected chi connectivity index (χ1v) is 11.8. The Morgan fingerprint density at radius 1 is 1.19 bits per heavy atom. The summed E-state index contributed by atoms with van der Waals surface area (Å²) in [7, 11) is 0. The third kappa shape index (κ3) is 11.0. The highest BCUT2D eigenvalue weighted by Gasteiger charge is 2.32. The van der Waals surface area contributed by atoms with E-state index in [0.29, 0.717) is 24.9 Å². The summed E-state index contributed by atoms with van der Waals surface area (Å²) < 4.78 is 4.55. The van der Waals surface area contributed by atoms with E-state index in [1.807, 2.05) is 20.8 Å². The molecule has 0 aromatic rings. The minimum Gasteiger partial charge on any atom is -0.481 e. The molecule has 3 N–H and O–H groups in total. The fraction of sp³-hybridized carbons (Fsp3) is 0.760. The topological polar surface area (TPSA) is 104 Å². The first kappa shape index (κ1) is 29.3. The van der Waals surface area contributed by atoms with E-state index in [1.165, 1.54) is 18.4 Å². The van der Waals surface area contributed by atoms with Gasteiger partial charge in [0.1, 0.15) is 0 Å². The predicted octanol–water partition coefficient (Wildman–Crippen LogP) is 4.74. The Hall–Kier alpha value is -1.66. The normalized spacial score (nSPS) is 29.7. The molecule has 0 aromatic carbocycles. The number of aliphatic carboxylic acids is 1. The Balaban J connectivity index is 0.000000454. The molecule has 1 saturated heterocycles. The van der Waals surface area contributed by atoms with Crippen LogP contribution >= 0.6 is 0 Å². The Kier molecular flexibility index (Phi) is 15.2. The van der Waals surface area contributed by atoms with Crippen LogP contribution in [0, 0.1) is 23.7 Å². The number of hydrogen-bond donors (Lipinski definition) is 3. The summed E-state index contributed by atoms with van der Waals surface area (Å²) in [5, 5.41) is 26.5. The van der Waals surface area contributed by atoms with Gasteiger partial charge >= 0.3 is 11.9 Å². The summed E-state index contributed by atoms with van der Waals surface area (Å²) in [5.74, 6) is 1.03. The van der Waals surface area contributed by atoms with Gasteiger partial charge in [0.05, 0.1) is 31.2 Å². The van der Waals surface area contributed by atoms with Crippen molar-refractivity contribution in [1.82, 2.24) is 0 Å². The lowest BCUT2D eigenvalue weighted by Crippen LogP contribution is -2.29. The molecule has 180 valence electrons. The van der Waals surface area contributed by atoms with E-state index in [9.17, 15) is 14.7 Å². The summed E-state index contributed by atoms with van der Waals surface area (Å²) in [6.45, 7) is 12.5. The Bertz CT molecular complexity index is 583. The molecule has 0 bridgehead atoms. The van der Waals surface area contributed by atoms with Crippen LogP contribution < -0.4 is 0 Å². The summed E-state index contributed by atoms with van der Waals surface area (Å²) >= 11 is 0. The number of hydrogen-bond acceptors (Lipinski definition) is 5. The van der Waals surface area contributed by atoms with Crippen molar-refractivity contribution in [3.63, 3.8) is 0 Å². The van der Waals surface area contributed by atoms with Crippen molar-refractivity contribution in [2.24, 2.45) is 23.7 Å². The monoisotopic (exact) mass is 440 g/mol. The van der Waals surface area contributed by atoms with Crippen molar-refractivity contribution in [2.45, 2.75) is 92.3 Å². The van der Waals surface area contributed by atoms with Crippen LogP contribution in [0.4, 0.5) is 0 Å². The van der Waals surface area contributed by atoms with Gasteiger partial charge < -0.3 is 20.1 Å². The molecule has 6 heteroatoms. The Morgan fingerprint density at radius 2 is 1.84 bits per heavy atom. The lowest BCUT2D eigenvalue weighted by atomic mass is 9.68.